The predicted molar refractivity (Wildman–Crippen MR) is 79.5 cm³/mol. The standard InChI is InChI=1S/C15H21N3O2/c1-4-8-20-13(19)9-18-12-7-5-6-11(16)14(12)17-15(18)10(2)3/h5-7,10H,4,8-9,16H2,1-3H3. The maximum absolute atomic E-state index is 11.9. The van der Waals surface area contributed by atoms with Gasteiger partial charge in [0.25, 0.3) is 0 Å². The number of nitrogen functional groups attached to an aromatic ring is 1. The molecule has 0 aliphatic carbocycles. The SMILES string of the molecule is CCCOC(=O)Cn1c(C(C)C)nc2c(N)cccc21. The van der Waals surface area contributed by atoms with Crippen molar-refractivity contribution in [3.8, 4) is 0 Å². The van der Waals surface area contributed by atoms with Gasteiger partial charge in [0.15, 0.2) is 0 Å². The molecule has 0 aliphatic heterocycles. The molecule has 1 heterocycles. The van der Waals surface area contributed by atoms with Crippen LogP contribution < -0.4 is 5.73 Å². The van der Waals surface area contributed by atoms with Gasteiger partial charge in [-0.25, -0.2) is 4.98 Å². The first kappa shape index (κ1) is 14.4. The van der Waals surface area contributed by atoms with Crippen molar-refractivity contribution in [3.63, 3.8) is 0 Å². The lowest BCUT2D eigenvalue weighted by atomic mass is 10.2. The molecular weight excluding hydrogens is 254 g/mol. The lowest BCUT2D eigenvalue weighted by Crippen LogP contribution is -2.16. The first-order chi connectivity index (χ1) is 9.54. The van der Waals surface area contributed by atoms with Crippen molar-refractivity contribution in [2.45, 2.75) is 39.7 Å². The number of anilines is 1. The van der Waals surface area contributed by atoms with Crippen LogP contribution in [-0.2, 0) is 16.1 Å². The van der Waals surface area contributed by atoms with Gasteiger partial charge in [0.05, 0.1) is 17.8 Å². The lowest BCUT2D eigenvalue weighted by Gasteiger charge is -2.11. The summed E-state index contributed by atoms with van der Waals surface area (Å²) in [7, 11) is 0. The van der Waals surface area contributed by atoms with E-state index in [-0.39, 0.29) is 18.4 Å². The Hall–Kier alpha value is -2.04. The van der Waals surface area contributed by atoms with Gasteiger partial charge >= 0.3 is 5.97 Å². The fourth-order valence-corrected chi connectivity index (χ4v) is 2.18. The molecule has 0 radical (unpaired) electrons. The quantitative estimate of drug-likeness (QED) is 0.672. The van der Waals surface area contributed by atoms with E-state index >= 15 is 0 Å². The van der Waals surface area contributed by atoms with Crippen LogP contribution in [0.15, 0.2) is 18.2 Å². The van der Waals surface area contributed by atoms with Crippen molar-refractivity contribution < 1.29 is 9.53 Å². The van der Waals surface area contributed by atoms with Crippen molar-refractivity contribution >= 4 is 22.7 Å². The Morgan fingerprint density at radius 3 is 2.85 bits per heavy atom. The highest BCUT2D eigenvalue weighted by Crippen LogP contribution is 2.25. The van der Waals surface area contributed by atoms with E-state index in [0.717, 1.165) is 23.3 Å². The molecule has 0 fully saturated rings. The van der Waals surface area contributed by atoms with E-state index in [2.05, 4.69) is 4.98 Å². The molecule has 108 valence electrons. The zero-order chi connectivity index (χ0) is 14.7. The number of carbonyl (C=O) groups excluding carboxylic acids is 1. The number of nitrogens with zero attached hydrogens (tertiary/aromatic N) is 2. The zero-order valence-electron chi connectivity index (χ0n) is 12.2. The number of esters is 1. The molecule has 1 aromatic heterocycles. The summed E-state index contributed by atoms with van der Waals surface area (Å²) in [5, 5.41) is 0. The third kappa shape index (κ3) is 2.76. The van der Waals surface area contributed by atoms with Crippen LogP contribution in [0.3, 0.4) is 0 Å². The normalized spacial score (nSPS) is 11.2. The Morgan fingerprint density at radius 2 is 2.20 bits per heavy atom. The second-order valence-electron chi connectivity index (χ2n) is 5.15. The molecule has 0 saturated heterocycles. The number of para-hydroxylation sites is 1. The summed E-state index contributed by atoms with van der Waals surface area (Å²) in [6, 6.07) is 5.62. The number of carbonyl (C=O) groups is 1. The molecule has 1 aromatic carbocycles. The smallest absolute Gasteiger partial charge is 0.326 e. The van der Waals surface area contributed by atoms with Crippen molar-refractivity contribution in [2.75, 3.05) is 12.3 Å². The topological polar surface area (TPSA) is 70.1 Å². The second kappa shape index (κ2) is 5.94. The number of rotatable bonds is 5. The molecule has 0 atom stereocenters. The minimum atomic E-state index is -0.240. The minimum Gasteiger partial charge on any atom is -0.464 e. The summed E-state index contributed by atoms with van der Waals surface area (Å²) >= 11 is 0. The van der Waals surface area contributed by atoms with E-state index in [1.54, 1.807) is 0 Å². The van der Waals surface area contributed by atoms with Crippen LogP contribution in [0.2, 0.25) is 0 Å². The Labute approximate surface area is 118 Å². The third-order valence-electron chi connectivity index (χ3n) is 3.11. The summed E-state index contributed by atoms with van der Waals surface area (Å²) < 4.78 is 7.06. The first-order valence-corrected chi connectivity index (χ1v) is 6.94. The molecule has 0 saturated carbocycles. The molecule has 2 N–H and O–H groups in total. The van der Waals surface area contributed by atoms with Crippen LogP contribution in [0.1, 0.15) is 38.9 Å². The fourth-order valence-electron chi connectivity index (χ4n) is 2.18. The van der Waals surface area contributed by atoms with E-state index in [1.807, 2.05) is 43.5 Å². The molecule has 2 aromatic rings. The number of imidazole rings is 1. The van der Waals surface area contributed by atoms with Gasteiger partial charge in [-0.1, -0.05) is 26.8 Å². The Morgan fingerprint density at radius 1 is 1.45 bits per heavy atom. The summed E-state index contributed by atoms with van der Waals surface area (Å²) in [6.07, 6.45) is 0.820. The highest BCUT2D eigenvalue weighted by molar-refractivity contribution is 5.88. The molecule has 0 bridgehead atoms. The number of benzene rings is 1. The Bertz CT molecular complexity index is 617. The molecule has 0 amide bonds. The van der Waals surface area contributed by atoms with E-state index < -0.39 is 0 Å². The van der Waals surface area contributed by atoms with Crippen LogP contribution in [0.25, 0.3) is 11.0 Å². The van der Waals surface area contributed by atoms with Gasteiger partial charge in [-0.05, 0) is 18.6 Å². The number of fused-ring (bicyclic) bond motifs is 1. The molecule has 5 heteroatoms. The Balaban J connectivity index is 2.41. The summed E-state index contributed by atoms with van der Waals surface area (Å²) in [5.74, 6) is 0.822. The van der Waals surface area contributed by atoms with Crippen molar-refractivity contribution in [1.82, 2.24) is 9.55 Å². The highest BCUT2D eigenvalue weighted by atomic mass is 16.5. The molecule has 5 nitrogen and oxygen atoms in total. The average Bonchev–Trinajstić information content (AvgIpc) is 2.77. The third-order valence-corrected chi connectivity index (χ3v) is 3.11. The van der Waals surface area contributed by atoms with Crippen molar-refractivity contribution in [3.05, 3.63) is 24.0 Å². The van der Waals surface area contributed by atoms with E-state index in [9.17, 15) is 4.79 Å². The van der Waals surface area contributed by atoms with Crippen molar-refractivity contribution in [1.29, 1.82) is 0 Å². The monoisotopic (exact) mass is 275 g/mol. The van der Waals surface area contributed by atoms with E-state index in [0.29, 0.717) is 12.3 Å². The Kier molecular flexibility index (Phi) is 4.27. The van der Waals surface area contributed by atoms with E-state index in [4.69, 9.17) is 10.5 Å². The van der Waals surface area contributed by atoms with Crippen LogP contribution in [0.5, 0.6) is 0 Å². The number of aromatic nitrogens is 2. The molecular formula is C15H21N3O2. The largest absolute Gasteiger partial charge is 0.464 e. The summed E-state index contributed by atoms with van der Waals surface area (Å²) in [5.41, 5.74) is 8.21. The maximum Gasteiger partial charge on any atom is 0.326 e. The lowest BCUT2D eigenvalue weighted by molar-refractivity contribution is -0.144. The predicted octanol–water partition coefficient (Wildman–Crippen LogP) is 2.70. The maximum atomic E-state index is 11.9. The number of hydrogen-bond acceptors (Lipinski definition) is 4. The first-order valence-electron chi connectivity index (χ1n) is 6.94. The van der Waals surface area contributed by atoms with Gasteiger partial charge in [0.1, 0.15) is 17.9 Å². The molecule has 0 unspecified atom stereocenters. The van der Waals surface area contributed by atoms with Gasteiger partial charge in [0, 0.05) is 5.92 Å². The summed E-state index contributed by atoms with van der Waals surface area (Å²) in [6.45, 7) is 6.69. The van der Waals surface area contributed by atoms with Gasteiger partial charge in [-0.15, -0.1) is 0 Å². The molecule has 2 rings (SSSR count). The van der Waals surface area contributed by atoms with Gasteiger partial charge in [-0.3, -0.25) is 4.79 Å². The van der Waals surface area contributed by atoms with Gasteiger partial charge < -0.3 is 15.0 Å². The second-order valence-corrected chi connectivity index (χ2v) is 5.15. The molecule has 20 heavy (non-hydrogen) atoms. The number of ether oxygens (including phenoxy) is 1. The number of nitrogens with two attached hydrogens (primary N) is 1. The van der Waals surface area contributed by atoms with Crippen LogP contribution in [0, 0.1) is 0 Å². The minimum absolute atomic E-state index is 0.174. The molecule has 0 aliphatic rings. The van der Waals surface area contributed by atoms with Crippen LogP contribution in [-0.4, -0.2) is 22.1 Å². The van der Waals surface area contributed by atoms with Gasteiger partial charge in [0.2, 0.25) is 0 Å². The average molecular weight is 275 g/mol. The zero-order valence-corrected chi connectivity index (χ0v) is 12.2. The van der Waals surface area contributed by atoms with E-state index in [1.165, 1.54) is 0 Å². The summed E-state index contributed by atoms with van der Waals surface area (Å²) in [4.78, 5) is 16.4. The highest BCUT2D eigenvalue weighted by Gasteiger charge is 2.17. The number of hydrogen-bond donors (Lipinski definition) is 1. The van der Waals surface area contributed by atoms with Crippen LogP contribution >= 0.6 is 0 Å². The van der Waals surface area contributed by atoms with Crippen molar-refractivity contribution in [2.24, 2.45) is 0 Å². The van der Waals surface area contributed by atoms with Crippen LogP contribution in [0.4, 0.5) is 5.69 Å². The van der Waals surface area contributed by atoms with Gasteiger partial charge in [-0.2, -0.15) is 0 Å². The molecule has 0 spiro atoms. The fraction of sp³-hybridized carbons (Fsp3) is 0.467.